The van der Waals surface area contributed by atoms with Crippen molar-refractivity contribution in [3.05, 3.63) is 24.0 Å². The lowest BCUT2D eigenvalue weighted by Gasteiger charge is -2.23. The highest BCUT2D eigenvalue weighted by atomic mass is 16.4. The van der Waals surface area contributed by atoms with Crippen LogP contribution >= 0.6 is 0 Å². The Morgan fingerprint density at radius 3 is 2.76 bits per heavy atom. The van der Waals surface area contributed by atoms with Crippen LogP contribution in [-0.2, 0) is 4.79 Å². The van der Waals surface area contributed by atoms with E-state index in [1.54, 1.807) is 6.92 Å². The highest BCUT2D eigenvalue weighted by Crippen LogP contribution is 2.36. The van der Waals surface area contributed by atoms with Crippen molar-refractivity contribution in [1.29, 1.82) is 0 Å². The highest BCUT2D eigenvalue weighted by molar-refractivity contribution is 5.89. The Hall–Kier alpha value is -2.04. The quantitative estimate of drug-likeness (QED) is 0.849. The van der Waals surface area contributed by atoms with Crippen molar-refractivity contribution in [2.45, 2.75) is 51.0 Å². The van der Waals surface area contributed by atoms with E-state index in [9.17, 15) is 9.90 Å². The van der Waals surface area contributed by atoms with Gasteiger partial charge in [0, 0.05) is 5.92 Å². The minimum absolute atomic E-state index is 0.340. The van der Waals surface area contributed by atoms with E-state index in [4.69, 9.17) is 10.7 Å². The molecule has 1 saturated carbocycles. The second-order valence-corrected chi connectivity index (χ2v) is 5.90. The summed E-state index contributed by atoms with van der Waals surface area (Å²) < 4.78 is 1.87. The van der Waals surface area contributed by atoms with E-state index < -0.39 is 12.0 Å². The zero-order valence-electron chi connectivity index (χ0n) is 12.2. The van der Waals surface area contributed by atoms with E-state index >= 15 is 0 Å². The molecule has 3 N–H and O–H groups in total. The average molecular weight is 287 g/mol. The molecule has 21 heavy (non-hydrogen) atoms. The van der Waals surface area contributed by atoms with Gasteiger partial charge in [-0.15, -0.1) is 0 Å². The van der Waals surface area contributed by atoms with E-state index in [-0.39, 0.29) is 0 Å². The zero-order chi connectivity index (χ0) is 15.0. The van der Waals surface area contributed by atoms with Crippen molar-refractivity contribution in [1.82, 2.24) is 9.55 Å². The predicted octanol–water partition coefficient (Wildman–Crippen LogP) is 3.31. The van der Waals surface area contributed by atoms with Gasteiger partial charge in [0.2, 0.25) is 0 Å². The van der Waals surface area contributed by atoms with Gasteiger partial charge >= 0.3 is 5.97 Å². The normalized spacial score (nSPS) is 18.0. The summed E-state index contributed by atoms with van der Waals surface area (Å²) in [6.07, 6.45) is 5.79. The van der Waals surface area contributed by atoms with Gasteiger partial charge in [0.15, 0.2) is 0 Å². The number of hydrogen-bond donors (Lipinski definition) is 2. The molecule has 1 aliphatic carbocycles. The van der Waals surface area contributed by atoms with Gasteiger partial charge in [-0.05, 0) is 31.9 Å². The number of nitrogen functional groups attached to an aromatic ring is 1. The fourth-order valence-corrected chi connectivity index (χ4v) is 3.32. The lowest BCUT2D eigenvalue weighted by Crippen LogP contribution is -2.20. The van der Waals surface area contributed by atoms with Crippen LogP contribution in [0.4, 0.5) is 5.69 Å². The molecule has 5 heteroatoms. The van der Waals surface area contributed by atoms with Gasteiger partial charge in [0.25, 0.3) is 0 Å². The number of nitrogens with two attached hydrogens (primary N) is 1. The largest absolute Gasteiger partial charge is 0.480 e. The average Bonchev–Trinajstić information content (AvgIpc) is 2.88. The first-order valence-corrected chi connectivity index (χ1v) is 7.58. The van der Waals surface area contributed by atoms with Gasteiger partial charge in [-0.2, -0.15) is 0 Å². The molecule has 0 spiro atoms. The summed E-state index contributed by atoms with van der Waals surface area (Å²) in [5.41, 5.74) is 8.19. The van der Waals surface area contributed by atoms with Gasteiger partial charge in [-0.3, -0.25) is 0 Å². The van der Waals surface area contributed by atoms with Gasteiger partial charge in [-0.1, -0.05) is 25.3 Å². The number of benzene rings is 1. The van der Waals surface area contributed by atoms with E-state index in [1.165, 1.54) is 19.3 Å². The molecule has 0 saturated heterocycles. The maximum absolute atomic E-state index is 11.5. The van der Waals surface area contributed by atoms with Crippen molar-refractivity contribution in [2.24, 2.45) is 0 Å². The molecule has 5 nitrogen and oxygen atoms in total. The van der Waals surface area contributed by atoms with Crippen LogP contribution in [0, 0.1) is 0 Å². The molecule has 1 aromatic heterocycles. The molecule has 1 heterocycles. The maximum atomic E-state index is 11.5. The Morgan fingerprint density at radius 1 is 1.38 bits per heavy atom. The zero-order valence-corrected chi connectivity index (χ0v) is 12.2. The number of carboxylic acids is 1. The van der Waals surface area contributed by atoms with Crippen LogP contribution in [0.3, 0.4) is 0 Å². The number of carboxylic acid groups (broad SMARTS) is 1. The molecule has 0 bridgehead atoms. The molecule has 0 aliphatic heterocycles. The molecule has 1 aromatic carbocycles. The van der Waals surface area contributed by atoms with E-state index in [0.29, 0.717) is 11.6 Å². The molecule has 1 aliphatic rings. The van der Waals surface area contributed by atoms with Crippen molar-refractivity contribution in [2.75, 3.05) is 5.73 Å². The van der Waals surface area contributed by atoms with E-state index in [2.05, 4.69) is 0 Å². The predicted molar refractivity (Wildman–Crippen MR) is 82.3 cm³/mol. The van der Waals surface area contributed by atoms with Crippen molar-refractivity contribution < 1.29 is 9.90 Å². The third-order valence-electron chi connectivity index (χ3n) is 4.49. The summed E-state index contributed by atoms with van der Waals surface area (Å²) in [5, 5.41) is 9.43. The number of carbonyl (C=O) groups is 1. The van der Waals surface area contributed by atoms with Gasteiger partial charge in [0.1, 0.15) is 17.4 Å². The fourth-order valence-electron chi connectivity index (χ4n) is 3.32. The molecule has 0 amide bonds. The number of rotatable bonds is 3. The standard InChI is InChI=1S/C16H21N3O2/c1-10(16(20)21)19-13-9-5-8-12(17)14(13)18-15(19)11-6-3-2-4-7-11/h5,8-11H,2-4,6-7,17H2,1H3,(H,20,21). The second-order valence-electron chi connectivity index (χ2n) is 5.90. The van der Waals surface area contributed by atoms with Crippen LogP contribution in [0.2, 0.25) is 0 Å². The molecule has 1 fully saturated rings. The van der Waals surface area contributed by atoms with Crippen molar-refractivity contribution in [3.8, 4) is 0 Å². The Morgan fingerprint density at radius 2 is 2.10 bits per heavy atom. The first kappa shape index (κ1) is 13.9. The van der Waals surface area contributed by atoms with Crippen molar-refractivity contribution in [3.63, 3.8) is 0 Å². The number of para-hydroxylation sites is 1. The summed E-state index contributed by atoms with van der Waals surface area (Å²) in [5.74, 6) is 0.388. The summed E-state index contributed by atoms with van der Waals surface area (Å²) in [6.45, 7) is 1.71. The Kier molecular flexibility index (Phi) is 3.57. The molecule has 112 valence electrons. The van der Waals surface area contributed by atoms with Crippen molar-refractivity contribution >= 4 is 22.7 Å². The minimum Gasteiger partial charge on any atom is -0.480 e. The van der Waals surface area contributed by atoms with E-state index in [0.717, 1.165) is 29.7 Å². The molecule has 1 atom stereocenters. The van der Waals surface area contributed by atoms with Crippen LogP contribution in [0.5, 0.6) is 0 Å². The smallest absolute Gasteiger partial charge is 0.326 e. The Balaban J connectivity index is 2.19. The van der Waals surface area contributed by atoms with E-state index in [1.807, 2.05) is 22.8 Å². The molecular formula is C16H21N3O2. The topological polar surface area (TPSA) is 81.1 Å². The third-order valence-corrected chi connectivity index (χ3v) is 4.49. The lowest BCUT2D eigenvalue weighted by atomic mass is 9.88. The second kappa shape index (κ2) is 5.39. The van der Waals surface area contributed by atoms with Gasteiger partial charge in [0.05, 0.1) is 11.2 Å². The summed E-state index contributed by atoms with van der Waals surface area (Å²) >= 11 is 0. The molecular weight excluding hydrogens is 266 g/mol. The fraction of sp³-hybridized carbons (Fsp3) is 0.500. The summed E-state index contributed by atoms with van der Waals surface area (Å²) in [7, 11) is 0. The number of fused-ring (bicyclic) bond motifs is 1. The molecule has 3 rings (SSSR count). The van der Waals surface area contributed by atoms with Gasteiger partial charge < -0.3 is 15.4 Å². The minimum atomic E-state index is -0.839. The number of hydrogen-bond acceptors (Lipinski definition) is 3. The number of anilines is 1. The monoisotopic (exact) mass is 287 g/mol. The van der Waals surface area contributed by atoms with Crippen LogP contribution in [0.1, 0.15) is 56.8 Å². The molecule has 1 unspecified atom stereocenters. The van der Waals surface area contributed by atoms with Crippen LogP contribution in [-0.4, -0.2) is 20.6 Å². The first-order chi connectivity index (χ1) is 10.1. The molecule has 2 aromatic rings. The molecule has 0 radical (unpaired) electrons. The van der Waals surface area contributed by atoms with Crippen LogP contribution in [0.25, 0.3) is 11.0 Å². The SMILES string of the molecule is CC(C(=O)O)n1c(C2CCCCC2)nc2c(N)cccc21. The maximum Gasteiger partial charge on any atom is 0.326 e. The van der Waals surface area contributed by atoms with Crippen LogP contribution < -0.4 is 5.73 Å². The first-order valence-electron chi connectivity index (χ1n) is 7.58. The number of aromatic nitrogens is 2. The summed E-state index contributed by atoms with van der Waals surface area (Å²) in [4.78, 5) is 16.2. The number of imidazole rings is 1. The third kappa shape index (κ3) is 2.37. The van der Waals surface area contributed by atoms with Crippen LogP contribution in [0.15, 0.2) is 18.2 Å². The Bertz CT molecular complexity index is 671. The van der Waals surface area contributed by atoms with Gasteiger partial charge in [-0.25, -0.2) is 9.78 Å². The Labute approximate surface area is 123 Å². The number of aliphatic carboxylic acids is 1. The highest BCUT2D eigenvalue weighted by Gasteiger charge is 2.27. The summed E-state index contributed by atoms with van der Waals surface area (Å²) in [6, 6.07) is 4.95. The lowest BCUT2D eigenvalue weighted by molar-refractivity contribution is -0.140. The number of nitrogens with zero attached hydrogens (tertiary/aromatic N) is 2.